The summed E-state index contributed by atoms with van der Waals surface area (Å²) in [5.41, 5.74) is -0.231. The summed E-state index contributed by atoms with van der Waals surface area (Å²) in [4.78, 5) is 14.1. The highest BCUT2D eigenvalue weighted by molar-refractivity contribution is 5.98. The number of halogens is 3. The van der Waals surface area contributed by atoms with E-state index < -0.39 is 12.0 Å². The Bertz CT molecular complexity index is 1060. The lowest BCUT2D eigenvalue weighted by molar-refractivity contribution is -0.274. The molecule has 1 saturated heterocycles. The van der Waals surface area contributed by atoms with Crippen molar-refractivity contribution in [3.63, 3.8) is 0 Å². The first-order valence-electron chi connectivity index (χ1n) is 9.31. The maximum Gasteiger partial charge on any atom is 0.573 e. The molecule has 1 aliphatic heterocycles. The van der Waals surface area contributed by atoms with Gasteiger partial charge in [-0.15, -0.1) is 13.2 Å². The van der Waals surface area contributed by atoms with E-state index in [-0.39, 0.29) is 37.7 Å². The van der Waals surface area contributed by atoms with Crippen LogP contribution in [0.4, 0.5) is 23.8 Å². The van der Waals surface area contributed by atoms with E-state index in [0.717, 1.165) is 10.9 Å². The third-order valence-corrected chi connectivity index (χ3v) is 5.18. The van der Waals surface area contributed by atoms with Gasteiger partial charge >= 0.3 is 12.4 Å². The van der Waals surface area contributed by atoms with Crippen LogP contribution in [0.2, 0.25) is 0 Å². The number of nitrogens with one attached hydrogen (secondary N) is 2. The number of carbonyl (C=O) groups is 1. The quantitative estimate of drug-likeness (QED) is 0.598. The molecule has 2 amide bonds. The van der Waals surface area contributed by atoms with Crippen LogP contribution in [0.15, 0.2) is 48.5 Å². The summed E-state index contributed by atoms with van der Waals surface area (Å²) in [5.74, 6) is 0.0208. The number of benzene rings is 2. The molecular formula is C20H19F3N4O3. The number of ether oxygens (including phenoxy) is 1. The fourth-order valence-corrected chi connectivity index (χ4v) is 3.59. The van der Waals surface area contributed by atoms with Crippen LogP contribution in [0.5, 0.6) is 5.75 Å². The second kappa shape index (κ2) is 7.52. The zero-order chi connectivity index (χ0) is 21.4. The number of fused-ring (bicyclic) bond motifs is 1. The molecule has 30 heavy (non-hydrogen) atoms. The van der Waals surface area contributed by atoms with Gasteiger partial charge in [0, 0.05) is 18.5 Å². The molecule has 0 radical (unpaired) electrons. The summed E-state index contributed by atoms with van der Waals surface area (Å²) in [6, 6.07) is 12.3. The van der Waals surface area contributed by atoms with Crippen LogP contribution >= 0.6 is 0 Å². The number of rotatable bonds is 3. The third kappa shape index (κ3) is 4.18. The van der Waals surface area contributed by atoms with E-state index in [4.69, 9.17) is 0 Å². The fourth-order valence-electron chi connectivity index (χ4n) is 3.59. The molecule has 1 aromatic heterocycles. The van der Waals surface area contributed by atoms with E-state index in [9.17, 15) is 23.1 Å². The van der Waals surface area contributed by atoms with Crippen molar-refractivity contribution in [3.05, 3.63) is 54.1 Å². The number of H-pyrrole nitrogens is 1. The SMILES string of the molecule is O=C(Nc1n[nH]c2ccccc12)N1CCC(O)(c2cccc(OC(F)(F)F)c2)CC1. The van der Waals surface area contributed by atoms with Gasteiger partial charge in [0.15, 0.2) is 5.82 Å². The van der Waals surface area contributed by atoms with Crippen LogP contribution < -0.4 is 10.1 Å². The summed E-state index contributed by atoms with van der Waals surface area (Å²) >= 11 is 0. The molecule has 158 valence electrons. The number of aromatic nitrogens is 2. The molecule has 0 saturated carbocycles. The topological polar surface area (TPSA) is 90.5 Å². The summed E-state index contributed by atoms with van der Waals surface area (Å²) in [6.07, 6.45) is -4.45. The Morgan fingerprint density at radius 2 is 1.90 bits per heavy atom. The summed E-state index contributed by atoms with van der Waals surface area (Å²) in [6.45, 7) is 0.462. The van der Waals surface area contributed by atoms with Gasteiger partial charge in [-0.3, -0.25) is 10.4 Å². The molecule has 2 heterocycles. The minimum Gasteiger partial charge on any atom is -0.406 e. The Balaban J connectivity index is 1.41. The van der Waals surface area contributed by atoms with Crippen LogP contribution in [-0.4, -0.2) is 45.7 Å². The van der Waals surface area contributed by atoms with Crippen molar-refractivity contribution in [1.29, 1.82) is 0 Å². The lowest BCUT2D eigenvalue weighted by Crippen LogP contribution is -2.46. The monoisotopic (exact) mass is 420 g/mol. The van der Waals surface area contributed by atoms with Gasteiger partial charge in [-0.1, -0.05) is 24.3 Å². The van der Waals surface area contributed by atoms with Gasteiger partial charge in [0.2, 0.25) is 0 Å². The normalized spacial score (nSPS) is 16.5. The van der Waals surface area contributed by atoms with Crippen molar-refractivity contribution in [2.45, 2.75) is 24.8 Å². The number of likely N-dealkylation sites (tertiary alicyclic amines) is 1. The van der Waals surface area contributed by atoms with E-state index in [0.29, 0.717) is 11.4 Å². The molecule has 0 atom stereocenters. The highest BCUT2D eigenvalue weighted by atomic mass is 19.4. The van der Waals surface area contributed by atoms with E-state index in [2.05, 4.69) is 20.3 Å². The number of anilines is 1. The lowest BCUT2D eigenvalue weighted by atomic mass is 9.84. The van der Waals surface area contributed by atoms with Gasteiger partial charge in [-0.05, 0) is 42.7 Å². The fraction of sp³-hybridized carbons (Fsp3) is 0.300. The van der Waals surface area contributed by atoms with Crippen molar-refractivity contribution in [2.24, 2.45) is 0 Å². The third-order valence-electron chi connectivity index (χ3n) is 5.18. The molecule has 3 N–H and O–H groups in total. The van der Waals surface area contributed by atoms with Gasteiger partial charge in [-0.25, -0.2) is 4.79 Å². The van der Waals surface area contributed by atoms with E-state index in [1.165, 1.54) is 23.1 Å². The molecule has 10 heteroatoms. The van der Waals surface area contributed by atoms with Crippen molar-refractivity contribution in [2.75, 3.05) is 18.4 Å². The molecule has 7 nitrogen and oxygen atoms in total. The number of urea groups is 1. The maximum atomic E-state index is 12.6. The summed E-state index contributed by atoms with van der Waals surface area (Å²) < 4.78 is 41.3. The molecular weight excluding hydrogens is 401 g/mol. The first-order chi connectivity index (χ1) is 14.2. The second-order valence-electron chi connectivity index (χ2n) is 7.14. The smallest absolute Gasteiger partial charge is 0.406 e. The number of hydrogen-bond donors (Lipinski definition) is 3. The Labute approximate surface area is 169 Å². The van der Waals surface area contributed by atoms with Gasteiger partial charge in [0.05, 0.1) is 11.1 Å². The van der Waals surface area contributed by atoms with Crippen molar-refractivity contribution < 1.29 is 27.8 Å². The number of nitrogens with zero attached hydrogens (tertiary/aromatic N) is 2. The molecule has 1 aliphatic rings. The van der Waals surface area contributed by atoms with E-state index in [1.54, 1.807) is 6.07 Å². The predicted molar refractivity (Wildman–Crippen MR) is 103 cm³/mol. The van der Waals surface area contributed by atoms with Crippen LogP contribution in [0.3, 0.4) is 0 Å². The predicted octanol–water partition coefficient (Wildman–Crippen LogP) is 3.98. The summed E-state index contributed by atoms with van der Waals surface area (Å²) in [5, 5.41) is 21.4. The van der Waals surface area contributed by atoms with Crippen LogP contribution in [0, 0.1) is 0 Å². The minimum atomic E-state index is -4.81. The largest absolute Gasteiger partial charge is 0.573 e. The molecule has 2 aromatic carbocycles. The van der Waals surface area contributed by atoms with Crippen molar-refractivity contribution in [3.8, 4) is 5.75 Å². The lowest BCUT2D eigenvalue weighted by Gasteiger charge is -2.38. The van der Waals surface area contributed by atoms with Gasteiger partial charge < -0.3 is 14.7 Å². The van der Waals surface area contributed by atoms with Crippen LogP contribution in [0.25, 0.3) is 10.9 Å². The molecule has 4 rings (SSSR count). The number of hydrogen-bond acceptors (Lipinski definition) is 4. The van der Waals surface area contributed by atoms with Crippen molar-refractivity contribution in [1.82, 2.24) is 15.1 Å². The van der Waals surface area contributed by atoms with Crippen LogP contribution in [0.1, 0.15) is 18.4 Å². The Hall–Kier alpha value is -3.27. The van der Waals surface area contributed by atoms with E-state index >= 15 is 0 Å². The number of para-hydroxylation sites is 1. The van der Waals surface area contributed by atoms with Gasteiger partial charge in [-0.2, -0.15) is 5.10 Å². The average molecular weight is 420 g/mol. The highest BCUT2D eigenvalue weighted by Gasteiger charge is 2.37. The number of aromatic amines is 1. The molecule has 0 aliphatic carbocycles. The zero-order valence-electron chi connectivity index (χ0n) is 15.7. The number of amides is 2. The number of alkyl halides is 3. The van der Waals surface area contributed by atoms with Crippen LogP contribution in [-0.2, 0) is 5.60 Å². The minimum absolute atomic E-state index is 0.178. The Morgan fingerprint density at radius 3 is 2.63 bits per heavy atom. The highest BCUT2D eigenvalue weighted by Crippen LogP contribution is 2.35. The molecule has 0 spiro atoms. The first-order valence-corrected chi connectivity index (χ1v) is 9.31. The van der Waals surface area contributed by atoms with Crippen molar-refractivity contribution >= 4 is 22.8 Å². The standard InChI is InChI=1S/C20H19F3N4O3/c21-20(22,23)30-14-5-3-4-13(12-14)19(29)8-10-27(11-9-19)18(28)24-17-15-6-1-2-7-16(15)25-26-17/h1-7,12,29H,8-11H2,(H2,24,25,26,28). The number of carbonyl (C=O) groups excluding carboxylic acids is 1. The molecule has 0 bridgehead atoms. The maximum absolute atomic E-state index is 12.6. The molecule has 0 unspecified atom stereocenters. The average Bonchev–Trinajstić information content (AvgIpc) is 3.10. The summed E-state index contributed by atoms with van der Waals surface area (Å²) in [7, 11) is 0. The van der Waals surface area contributed by atoms with E-state index in [1.807, 2.05) is 24.3 Å². The van der Waals surface area contributed by atoms with Gasteiger partial charge in [0.25, 0.3) is 0 Å². The second-order valence-corrected chi connectivity index (χ2v) is 7.14. The zero-order valence-corrected chi connectivity index (χ0v) is 15.7. The number of piperidine rings is 1. The number of aliphatic hydroxyl groups is 1. The Kier molecular flexibility index (Phi) is 5.02. The Morgan fingerprint density at radius 1 is 1.17 bits per heavy atom. The molecule has 1 fully saturated rings. The molecule has 3 aromatic rings. The van der Waals surface area contributed by atoms with Gasteiger partial charge in [0.1, 0.15) is 5.75 Å². The first kappa shape index (κ1) is 20.0.